The van der Waals surface area contributed by atoms with Gasteiger partial charge in [0.1, 0.15) is 0 Å². The first-order valence-corrected chi connectivity index (χ1v) is 9.12. The van der Waals surface area contributed by atoms with Crippen LogP contribution in [0.4, 0.5) is 0 Å². The number of hydrogen-bond acceptors (Lipinski definition) is 2. The molecule has 0 aromatic heterocycles. The van der Waals surface area contributed by atoms with Crippen LogP contribution >= 0.6 is 15.9 Å². The second kappa shape index (κ2) is 5.54. The van der Waals surface area contributed by atoms with Gasteiger partial charge in [-0.2, -0.15) is 0 Å². The summed E-state index contributed by atoms with van der Waals surface area (Å²) in [6.45, 7) is 4.46. The summed E-state index contributed by atoms with van der Waals surface area (Å²) in [6, 6.07) is 5.27. The van der Waals surface area contributed by atoms with Crippen LogP contribution in [0.25, 0.3) is 0 Å². The summed E-state index contributed by atoms with van der Waals surface area (Å²) in [5, 5.41) is 0.929. The molecule has 0 spiro atoms. The van der Waals surface area contributed by atoms with Gasteiger partial charge in [-0.15, -0.1) is 0 Å². The highest BCUT2D eigenvalue weighted by Crippen LogP contribution is 2.48. The van der Waals surface area contributed by atoms with Crippen LogP contribution in [0.3, 0.4) is 0 Å². The topological polar surface area (TPSA) is 46.2 Å². The fourth-order valence-electron chi connectivity index (χ4n) is 2.10. The average molecular weight is 346 g/mol. The Bertz CT molecular complexity index is 565. The number of halogens is 1. The molecule has 0 saturated heterocycles. The molecule has 0 bridgehead atoms. The van der Waals surface area contributed by atoms with E-state index in [-0.39, 0.29) is 5.41 Å². The molecule has 1 aromatic carbocycles. The Morgan fingerprint density at radius 1 is 1.26 bits per heavy atom. The molecule has 1 aliphatic rings. The van der Waals surface area contributed by atoms with Crippen molar-refractivity contribution >= 4 is 26.0 Å². The van der Waals surface area contributed by atoms with Gasteiger partial charge < -0.3 is 0 Å². The Hall–Kier alpha value is -0.390. The standard InChI is InChI=1S/C14H20BrNO2S/c1-11-3-4-13(9-12(11)2)19(17,18)16-10-14(5-6-14)7-8-15/h3-4,9,16H,5-8,10H2,1-2H3. The van der Waals surface area contributed by atoms with E-state index in [0.29, 0.717) is 11.4 Å². The predicted octanol–water partition coefficient (Wildman–Crippen LogP) is 3.15. The minimum atomic E-state index is -3.38. The smallest absolute Gasteiger partial charge is 0.211 e. The van der Waals surface area contributed by atoms with Gasteiger partial charge in [0.25, 0.3) is 0 Å². The first-order valence-electron chi connectivity index (χ1n) is 6.51. The molecule has 0 unspecified atom stereocenters. The maximum Gasteiger partial charge on any atom is 0.240 e. The van der Waals surface area contributed by atoms with Gasteiger partial charge in [-0.05, 0) is 61.8 Å². The van der Waals surface area contributed by atoms with E-state index in [2.05, 4.69) is 20.7 Å². The van der Waals surface area contributed by atoms with Crippen molar-refractivity contribution in [3.05, 3.63) is 29.3 Å². The molecule has 3 nitrogen and oxygen atoms in total. The van der Waals surface area contributed by atoms with E-state index < -0.39 is 10.0 Å². The first kappa shape index (κ1) is 15.0. The van der Waals surface area contributed by atoms with E-state index in [9.17, 15) is 8.42 Å². The minimum absolute atomic E-state index is 0.191. The van der Waals surface area contributed by atoms with Crippen LogP contribution in [0.5, 0.6) is 0 Å². The van der Waals surface area contributed by atoms with Crippen LogP contribution in [0.1, 0.15) is 30.4 Å². The molecule has 19 heavy (non-hydrogen) atoms. The zero-order valence-electron chi connectivity index (χ0n) is 11.4. The van der Waals surface area contributed by atoms with Gasteiger partial charge in [0.05, 0.1) is 4.90 Å². The van der Waals surface area contributed by atoms with Crippen LogP contribution in [0.15, 0.2) is 23.1 Å². The monoisotopic (exact) mass is 345 g/mol. The Morgan fingerprint density at radius 3 is 2.47 bits per heavy atom. The van der Waals surface area contributed by atoms with Gasteiger partial charge in [-0.1, -0.05) is 22.0 Å². The largest absolute Gasteiger partial charge is 0.240 e. The molecule has 2 rings (SSSR count). The minimum Gasteiger partial charge on any atom is -0.211 e. The van der Waals surface area contributed by atoms with E-state index in [1.165, 1.54) is 0 Å². The van der Waals surface area contributed by atoms with Crippen LogP contribution in [-0.4, -0.2) is 20.3 Å². The number of alkyl halides is 1. The van der Waals surface area contributed by atoms with E-state index in [4.69, 9.17) is 0 Å². The summed E-state index contributed by atoms with van der Waals surface area (Å²) < 4.78 is 27.3. The highest BCUT2D eigenvalue weighted by Gasteiger charge is 2.42. The quantitative estimate of drug-likeness (QED) is 0.805. The molecule has 1 fully saturated rings. The average Bonchev–Trinajstić information content (AvgIpc) is 3.11. The lowest BCUT2D eigenvalue weighted by Gasteiger charge is -2.15. The molecule has 0 atom stereocenters. The van der Waals surface area contributed by atoms with Gasteiger partial charge in [0.2, 0.25) is 10.0 Å². The van der Waals surface area contributed by atoms with Gasteiger partial charge in [-0.3, -0.25) is 0 Å². The van der Waals surface area contributed by atoms with E-state index in [0.717, 1.165) is 35.7 Å². The second-order valence-electron chi connectivity index (χ2n) is 5.51. The van der Waals surface area contributed by atoms with Gasteiger partial charge in [0.15, 0.2) is 0 Å². The molecule has 106 valence electrons. The highest BCUT2D eigenvalue weighted by atomic mass is 79.9. The molecular formula is C14H20BrNO2S. The second-order valence-corrected chi connectivity index (χ2v) is 8.07. The molecule has 0 amide bonds. The fourth-order valence-corrected chi connectivity index (χ4v) is 4.19. The van der Waals surface area contributed by atoms with Crippen molar-refractivity contribution in [3.63, 3.8) is 0 Å². The molecule has 1 saturated carbocycles. The third-order valence-corrected chi connectivity index (χ3v) is 5.80. The number of sulfonamides is 1. The van der Waals surface area contributed by atoms with Gasteiger partial charge in [0, 0.05) is 11.9 Å². The van der Waals surface area contributed by atoms with Crippen molar-refractivity contribution in [3.8, 4) is 0 Å². The third kappa shape index (κ3) is 3.58. The summed E-state index contributed by atoms with van der Waals surface area (Å²) in [5.41, 5.74) is 2.30. The van der Waals surface area contributed by atoms with Crippen molar-refractivity contribution in [2.75, 3.05) is 11.9 Å². The number of nitrogens with one attached hydrogen (secondary N) is 1. The van der Waals surface area contributed by atoms with Crippen LogP contribution in [0, 0.1) is 19.3 Å². The van der Waals surface area contributed by atoms with Crippen LogP contribution < -0.4 is 4.72 Å². The normalized spacial score (nSPS) is 17.4. The molecule has 5 heteroatoms. The van der Waals surface area contributed by atoms with E-state index in [1.807, 2.05) is 19.9 Å². The molecule has 1 aliphatic carbocycles. The maximum atomic E-state index is 12.3. The highest BCUT2D eigenvalue weighted by molar-refractivity contribution is 9.09. The van der Waals surface area contributed by atoms with Crippen molar-refractivity contribution < 1.29 is 8.42 Å². The lowest BCUT2D eigenvalue weighted by Crippen LogP contribution is -2.30. The Morgan fingerprint density at radius 2 is 1.95 bits per heavy atom. The fraction of sp³-hybridized carbons (Fsp3) is 0.571. The van der Waals surface area contributed by atoms with Crippen LogP contribution in [-0.2, 0) is 10.0 Å². The first-order chi connectivity index (χ1) is 8.88. The zero-order chi connectivity index (χ0) is 14.1. The maximum absolute atomic E-state index is 12.3. The molecule has 0 heterocycles. The van der Waals surface area contributed by atoms with Crippen LogP contribution in [0.2, 0.25) is 0 Å². The lowest BCUT2D eigenvalue weighted by molar-refractivity contribution is 0.480. The number of hydrogen-bond donors (Lipinski definition) is 1. The molecular weight excluding hydrogens is 326 g/mol. The zero-order valence-corrected chi connectivity index (χ0v) is 13.8. The molecule has 0 aliphatic heterocycles. The lowest BCUT2D eigenvalue weighted by atomic mass is 10.1. The Kier molecular flexibility index (Phi) is 4.38. The summed E-state index contributed by atoms with van der Waals surface area (Å²) in [6.07, 6.45) is 3.27. The Labute approximate surface area is 124 Å². The third-order valence-electron chi connectivity index (χ3n) is 4.01. The summed E-state index contributed by atoms with van der Waals surface area (Å²) in [7, 11) is -3.38. The number of rotatable bonds is 6. The van der Waals surface area contributed by atoms with E-state index in [1.54, 1.807) is 12.1 Å². The van der Waals surface area contributed by atoms with Crippen molar-refractivity contribution in [2.45, 2.75) is 38.0 Å². The number of aryl methyl sites for hydroxylation is 2. The van der Waals surface area contributed by atoms with Crippen molar-refractivity contribution in [1.82, 2.24) is 4.72 Å². The van der Waals surface area contributed by atoms with Gasteiger partial charge in [-0.25, -0.2) is 13.1 Å². The molecule has 1 N–H and O–H groups in total. The molecule has 0 radical (unpaired) electrons. The van der Waals surface area contributed by atoms with Crippen molar-refractivity contribution in [2.24, 2.45) is 5.41 Å². The predicted molar refractivity (Wildman–Crippen MR) is 81.2 cm³/mol. The Balaban J connectivity index is 2.08. The SMILES string of the molecule is Cc1ccc(S(=O)(=O)NCC2(CCBr)CC2)cc1C. The summed E-state index contributed by atoms with van der Waals surface area (Å²) >= 11 is 3.43. The summed E-state index contributed by atoms with van der Waals surface area (Å²) in [4.78, 5) is 0.366. The number of benzene rings is 1. The summed E-state index contributed by atoms with van der Waals surface area (Å²) in [5.74, 6) is 0. The van der Waals surface area contributed by atoms with Gasteiger partial charge >= 0.3 is 0 Å². The molecule has 1 aromatic rings. The van der Waals surface area contributed by atoms with Crippen molar-refractivity contribution in [1.29, 1.82) is 0 Å². The van der Waals surface area contributed by atoms with E-state index >= 15 is 0 Å².